The molecule has 1 fully saturated rings. The SMILES string of the molecule is Cc1c(C(N)=O)ccc(-c2cnc3c(NCCCC(F)(F)F)cc(Br)nn23)c1C1CC1. The van der Waals surface area contributed by atoms with Gasteiger partial charge in [0.15, 0.2) is 5.65 Å². The Morgan fingerprint density at radius 3 is 2.74 bits per heavy atom. The van der Waals surface area contributed by atoms with Gasteiger partial charge in [0.05, 0.1) is 17.6 Å². The Morgan fingerprint density at radius 2 is 2.10 bits per heavy atom. The van der Waals surface area contributed by atoms with E-state index in [0.29, 0.717) is 27.4 Å². The number of aromatic nitrogens is 3. The van der Waals surface area contributed by atoms with E-state index in [1.54, 1.807) is 22.8 Å². The van der Waals surface area contributed by atoms with E-state index in [0.717, 1.165) is 35.2 Å². The minimum absolute atomic E-state index is 0.0389. The van der Waals surface area contributed by atoms with Crippen molar-refractivity contribution >= 4 is 33.2 Å². The number of carbonyl (C=O) groups excluding carboxylic acids is 1. The number of benzene rings is 1. The lowest BCUT2D eigenvalue weighted by Crippen LogP contribution is -2.14. The highest BCUT2D eigenvalue weighted by Gasteiger charge is 2.31. The molecule has 0 unspecified atom stereocenters. The number of fused-ring (bicyclic) bond motifs is 1. The number of amides is 1. The molecule has 0 radical (unpaired) electrons. The topological polar surface area (TPSA) is 85.3 Å². The maximum absolute atomic E-state index is 12.4. The molecular formula is C21H21BrF3N5O. The number of hydrogen-bond acceptors (Lipinski definition) is 4. The summed E-state index contributed by atoms with van der Waals surface area (Å²) in [5.74, 6) is -0.109. The molecular weight excluding hydrogens is 475 g/mol. The van der Waals surface area contributed by atoms with Crippen molar-refractivity contribution in [3.05, 3.63) is 45.7 Å². The van der Waals surface area contributed by atoms with Crippen molar-refractivity contribution in [2.75, 3.05) is 11.9 Å². The lowest BCUT2D eigenvalue weighted by molar-refractivity contribution is -0.134. The fourth-order valence-electron chi connectivity index (χ4n) is 3.88. The van der Waals surface area contributed by atoms with Gasteiger partial charge < -0.3 is 11.1 Å². The zero-order valence-corrected chi connectivity index (χ0v) is 18.3. The Labute approximate surface area is 185 Å². The maximum Gasteiger partial charge on any atom is 0.389 e. The normalized spacial score (nSPS) is 14.2. The number of halogens is 4. The van der Waals surface area contributed by atoms with Gasteiger partial charge in [-0.2, -0.15) is 18.3 Å². The summed E-state index contributed by atoms with van der Waals surface area (Å²) in [5, 5.41) is 7.54. The van der Waals surface area contributed by atoms with Gasteiger partial charge in [-0.25, -0.2) is 9.50 Å². The molecule has 0 aliphatic heterocycles. The molecule has 0 spiro atoms. The van der Waals surface area contributed by atoms with Crippen molar-refractivity contribution in [2.45, 2.75) is 44.7 Å². The molecule has 6 nitrogen and oxygen atoms in total. The first kappa shape index (κ1) is 21.6. The first-order valence-electron chi connectivity index (χ1n) is 9.94. The molecule has 0 atom stereocenters. The van der Waals surface area contributed by atoms with Crippen molar-refractivity contribution in [3.63, 3.8) is 0 Å². The van der Waals surface area contributed by atoms with Crippen molar-refractivity contribution in [3.8, 4) is 11.3 Å². The van der Waals surface area contributed by atoms with E-state index < -0.39 is 18.5 Å². The minimum Gasteiger partial charge on any atom is -0.382 e. The van der Waals surface area contributed by atoms with Crippen molar-refractivity contribution in [2.24, 2.45) is 5.73 Å². The molecule has 2 heterocycles. The first-order valence-corrected chi connectivity index (χ1v) is 10.7. The first-order chi connectivity index (χ1) is 14.7. The van der Waals surface area contributed by atoms with Gasteiger partial charge in [-0.05, 0) is 71.3 Å². The molecule has 1 aliphatic rings. The number of primary amides is 1. The second-order valence-corrected chi connectivity index (χ2v) is 8.56. The van der Waals surface area contributed by atoms with Gasteiger partial charge in [-0.3, -0.25) is 4.79 Å². The van der Waals surface area contributed by atoms with E-state index in [2.05, 4.69) is 31.3 Å². The summed E-state index contributed by atoms with van der Waals surface area (Å²) < 4.78 is 39.4. The fourth-order valence-corrected chi connectivity index (χ4v) is 4.27. The van der Waals surface area contributed by atoms with E-state index in [4.69, 9.17) is 5.73 Å². The van der Waals surface area contributed by atoms with Crippen molar-refractivity contribution < 1.29 is 18.0 Å². The number of nitrogens with zero attached hydrogens (tertiary/aromatic N) is 3. The third kappa shape index (κ3) is 4.53. The standard InChI is InChI=1S/C21H21BrF3N5O/c1-11-13(19(26)31)5-6-14(18(11)12-3-4-12)16-10-28-20-15(9-17(22)29-30(16)20)27-8-2-7-21(23,24)25/h5-6,9-10,12,27H,2-4,7-8H2,1H3,(H2,26,31). The van der Waals surface area contributed by atoms with Crippen LogP contribution in [-0.4, -0.2) is 33.2 Å². The smallest absolute Gasteiger partial charge is 0.382 e. The lowest BCUT2D eigenvalue weighted by atomic mass is 9.92. The summed E-state index contributed by atoms with van der Waals surface area (Å²) in [5.41, 5.74) is 10.7. The summed E-state index contributed by atoms with van der Waals surface area (Å²) in [6, 6.07) is 5.28. The summed E-state index contributed by atoms with van der Waals surface area (Å²) >= 11 is 3.38. The highest BCUT2D eigenvalue weighted by Crippen LogP contribution is 2.46. The van der Waals surface area contributed by atoms with Crippen LogP contribution in [0.4, 0.5) is 18.9 Å². The Balaban J connectivity index is 1.73. The third-order valence-corrected chi connectivity index (χ3v) is 5.82. The monoisotopic (exact) mass is 495 g/mol. The van der Waals surface area contributed by atoms with Crippen LogP contribution in [0.1, 0.15) is 53.1 Å². The number of anilines is 1. The van der Waals surface area contributed by atoms with Gasteiger partial charge >= 0.3 is 6.18 Å². The molecule has 1 saturated carbocycles. The molecule has 1 aliphatic carbocycles. The Kier molecular flexibility index (Phi) is 5.67. The van der Waals surface area contributed by atoms with Crippen LogP contribution >= 0.6 is 15.9 Å². The number of rotatable bonds is 7. The molecule has 31 heavy (non-hydrogen) atoms. The summed E-state index contributed by atoms with van der Waals surface area (Å²) in [7, 11) is 0. The third-order valence-electron chi connectivity index (χ3n) is 5.43. The summed E-state index contributed by atoms with van der Waals surface area (Å²) in [4.78, 5) is 16.3. The second kappa shape index (κ2) is 8.14. The van der Waals surface area contributed by atoms with Gasteiger partial charge in [-0.1, -0.05) is 6.07 Å². The van der Waals surface area contributed by atoms with Crippen LogP contribution in [0.5, 0.6) is 0 Å². The van der Waals surface area contributed by atoms with Crippen LogP contribution in [-0.2, 0) is 0 Å². The number of carbonyl (C=O) groups is 1. The molecule has 3 N–H and O–H groups in total. The average Bonchev–Trinajstić information content (AvgIpc) is 3.42. The van der Waals surface area contributed by atoms with Crippen molar-refractivity contribution in [1.82, 2.24) is 14.6 Å². The molecule has 0 saturated heterocycles. The van der Waals surface area contributed by atoms with Gasteiger partial charge in [-0.15, -0.1) is 0 Å². The van der Waals surface area contributed by atoms with Crippen LogP contribution in [0.25, 0.3) is 16.9 Å². The molecule has 164 valence electrons. The second-order valence-electron chi connectivity index (χ2n) is 7.74. The molecule has 1 aromatic carbocycles. The minimum atomic E-state index is -4.18. The lowest BCUT2D eigenvalue weighted by Gasteiger charge is -2.15. The molecule has 4 rings (SSSR count). The van der Waals surface area contributed by atoms with E-state index >= 15 is 0 Å². The molecule has 10 heteroatoms. The summed E-state index contributed by atoms with van der Waals surface area (Å²) in [6.07, 6.45) is -1.29. The van der Waals surface area contributed by atoms with Crippen LogP contribution in [0.3, 0.4) is 0 Å². The number of alkyl halides is 3. The number of hydrogen-bond donors (Lipinski definition) is 2. The van der Waals surface area contributed by atoms with Crippen LogP contribution in [0.15, 0.2) is 29.0 Å². The van der Waals surface area contributed by atoms with E-state index in [1.807, 2.05) is 13.0 Å². The van der Waals surface area contributed by atoms with Crippen LogP contribution in [0.2, 0.25) is 0 Å². The number of nitrogens with one attached hydrogen (secondary N) is 1. The maximum atomic E-state index is 12.4. The predicted octanol–water partition coefficient (Wildman–Crippen LogP) is 5.20. The van der Waals surface area contributed by atoms with E-state index in [-0.39, 0.29) is 13.0 Å². The van der Waals surface area contributed by atoms with Gasteiger partial charge in [0.1, 0.15) is 4.60 Å². The van der Waals surface area contributed by atoms with Crippen LogP contribution < -0.4 is 11.1 Å². The molecule has 3 aromatic rings. The van der Waals surface area contributed by atoms with E-state index in [9.17, 15) is 18.0 Å². The summed E-state index contributed by atoms with van der Waals surface area (Å²) in [6.45, 7) is 2.06. The molecule has 0 bridgehead atoms. The molecule has 1 amide bonds. The Hall–Kier alpha value is -2.62. The zero-order chi connectivity index (χ0) is 22.3. The Bertz CT molecular complexity index is 1150. The highest BCUT2D eigenvalue weighted by molar-refractivity contribution is 9.10. The number of nitrogens with two attached hydrogens (primary N) is 1. The largest absolute Gasteiger partial charge is 0.389 e. The molecule has 2 aromatic heterocycles. The number of imidazole rings is 1. The van der Waals surface area contributed by atoms with Gasteiger partial charge in [0.25, 0.3) is 0 Å². The van der Waals surface area contributed by atoms with Gasteiger partial charge in [0.2, 0.25) is 5.91 Å². The fraction of sp³-hybridized carbons (Fsp3) is 0.381. The van der Waals surface area contributed by atoms with Gasteiger partial charge in [0, 0.05) is 24.1 Å². The van der Waals surface area contributed by atoms with E-state index in [1.165, 1.54) is 0 Å². The zero-order valence-electron chi connectivity index (χ0n) is 16.8. The quantitative estimate of drug-likeness (QED) is 0.441. The van der Waals surface area contributed by atoms with Crippen LogP contribution in [0, 0.1) is 6.92 Å². The average molecular weight is 496 g/mol. The Morgan fingerprint density at radius 1 is 1.35 bits per heavy atom. The van der Waals surface area contributed by atoms with Crippen molar-refractivity contribution in [1.29, 1.82) is 0 Å². The predicted molar refractivity (Wildman–Crippen MR) is 115 cm³/mol. The highest BCUT2D eigenvalue weighted by atomic mass is 79.9.